The summed E-state index contributed by atoms with van der Waals surface area (Å²) in [6.45, 7) is 4.57. The van der Waals surface area contributed by atoms with E-state index in [1.807, 2.05) is 55.1 Å². The first kappa shape index (κ1) is 21.6. The van der Waals surface area contributed by atoms with Gasteiger partial charge in [0.15, 0.2) is 22.4 Å². The van der Waals surface area contributed by atoms with Gasteiger partial charge in [-0.05, 0) is 32.1 Å². The highest BCUT2D eigenvalue weighted by molar-refractivity contribution is 7.80. The van der Waals surface area contributed by atoms with E-state index < -0.39 is 6.04 Å². The van der Waals surface area contributed by atoms with E-state index in [0.29, 0.717) is 40.0 Å². The van der Waals surface area contributed by atoms with Gasteiger partial charge in [0.25, 0.3) is 0 Å². The average molecular weight is 427 g/mol. The second kappa shape index (κ2) is 9.17. The molecule has 1 heterocycles. The van der Waals surface area contributed by atoms with Crippen LogP contribution in [0.3, 0.4) is 0 Å². The molecule has 0 spiro atoms. The van der Waals surface area contributed by atoms with Gasteiger partial charge >= 0.3 is 0 Å². The summed E-state index contributed by atoms with van der Waals surface area (Å²) in [5.41, 5.74) is 2.79. The molecule has 1 aliphatic rings. The summed E-state index contributed by atoms with van der Waals surface area (Å²) >= 11 is 5.60. The van der Waals surface area contributed by atoms with Crippen molar-refractivity contribution in [3.63, 3.8) is 0 Å². The Labute approximate surface area is 182 Å². The molecule has 0 saturated heterocycles. The fourth-order valence-electron chi connectivity index (χ4n) is 3.71. The summed E-state index contributed by atoms with van der Waals surface area (Å²) in [5, 5.41) is 3.89. The Balaban J connectivity index is 2.23. The van der Waals surface area contributed by atoms with Crippen molar-refractivity contribution in [1.29, 1.82) is 0 Å². The van der Waals surface area contributed by atoms with E-state index in [4.69, 9.17) is 26.4 Å². The van der Waals surface area contributed by atoms with Gasteiger partial charge in [-0.2, -0.15) is 0 Å². The first-order valence-electron chi connectivity index (χ1n) is 9.65. The molecule has 0 aliphatic carbocycles. The highest BCUT2D eigenvalue weighted by Gasteiger charge is 2.35. The van der Waals surface area contributed by atoms with E-state index in [9.17, 15) is 4.79 Å². The average Bonchev–Trinajstić information content (AvgIpc) is 2.78. The Morgan fingerprint density at radius 2 is 1.63 bits per heavy atom. The van der Waals surface area contributed by atoms with Crippen molar-refractivity contribution in [3.8, 4) is 17.2 Å². The number of nitrogens with one attached hydrogen (secondary N) is 1. The molecule has 0 fully saturated rings. The van der Waals surface area contributed by atoms with E-state index in [1.54, 1.807) is 27.4 Å². The third-order valence-corrected chi connectivity index (χ3v) is 5.58. The second-order valence-electron chi connectivity index (χ2n) is 6.77. The van der Waals surface area contributed by atoms with Crippen LogP contribution in [0.1, 0.15) is 35.8 Å². The van der Waals surface area contributed by atoms with E-state index in [1.165, 1.54) is 0 Å². The Hall–Kier alpha value is -3.06. The lowest BCUT2D eigenvalue weighted by Crippen LogP contribution is -2.47. The lowest BCUT2D eigenvalue weighted by atomic mass is 9.88. The molecule has 6 nitrogen and oxygen atoms in total. The van der Waals surface area contributed by atoms with Crippen molar-refractivity contribution < 1.29 is 19.0 Å². The lowest BCUT2D eigenvalue weighted by Gasteiger charge is -2.38. The predicted octanol–water partition coefficient (Wildman–Crippen LogP) is 4.12. The van der Waals surface area contributed by atoms with Crippen molar-refractivity contribution in [2.45, 2.75) is 19.9 Å². The van der Waals surface area contributed by atoms with Crippen LogP contribution in [0.5, 0.6) is 17.2 Å². The third-order valence-electron chi connectivity index (χ3n) is 5.24. The Morgan fingerprint density at radius 1 is 1.03 bits per heavy atom. The first-order valence-corrected chi connectivity index (χ1v) is 10.1. The number of nitrogens with zero attached hydrogens (tertiary/aromatic N) is 1. The van der Waals surface area contributed by atoms with Crippen LogP contribution in [0.2, 0.25) is 0 Å². The van der Waals surface area contributed by atoms with Crippen LogP contribution >= 0.6 is 12.2 Å². The molecular weight excluding hydrogens is 400 g/mol. The van der Waals surface area contributed by atoms with E-state index in [0.717, 1.165) is 11.3 Å². The van der Waals surface area contributed by atoms with E-state index in [-0.39, 0.29) is 5.78 Å². The van der Waals surface area contributed by atoms with Crippen molar-refractivity contribution in [1.82, 2.24) is 10.2 Å². The van der Waals surface area contributed by atoms with Crippen molar-refractivity contribution in [3.05, 3.63) is 64.9 Å². The maximum absolute atomic E-state index is 13.6. The number of thiocarbonyl (C=S) groups is 1. The number of hydrogen-bond donors (Lipinski definition) is 1. The largest absolute Gasteiger partial charge is 0.496 e. The molecule has 1 unspecified atom stereocenters. The van der Waals surface area contributed by atoms with Crippen molar-refractivity contribution in [2.75, 3.05) is 27.9 Å². The monoisotopic (exact) mass is 426 g/mol. The summed E-state index contributed by atoms with van der Waals surface area (Å²) in [5.74, 6) is 1.60. The van der Waals surface area contributed by atoms with Gasteiger partial charge in [-0.3, -0.25) is 4.79 Å². The Morgan fingerprint density at radius 3 is 2.20 bits per heavy atom. The van der Waals surface area contributed by atoms with Gasteiger partial charge in [0.05, 0.1) is 27.4 Å². The maximum atomic E-state index is 13.6. The number of allylic oxidation sites excluding steroid dienone is 1. The minimum absolute atomic E-state index is 0.0663. The zero-order chi connectivity index (χ0) is 21.8. The number of ketones is 1. The van der Waals surface area contributed by atoms with Gasteiger partial charge < -0.3 is 24.4 Å². The molecule has 1 aliphatic heterocycles. The molecular formula is C23H26N2O4S. The quantitative estimate of drug-likeness (QED) is 0.528. The number of methoxy groups -OCH3 is 3. The normalized spacial score (nSPS) is 16.2. The number of carbonyl (C=O) groups excluding carboxylic acids is 1. The van der Waals surface area contributed by atoms with Gasteiger partial charge in [0, 0.05) is 35.0 Å². The lowest BCUT2D eigenvalue weighted by molar-refractivity contribution is 0.102. The fraction of sp³-hybridized carbons (Fsp3) is 0.304. The van der Waals surface area contributed by atoms with Crippen LogP contribution in [-0.4, -0.2) is 43.7 Å². The second-order valence-corrected chi connectivity index (χ2v) is 7.16. The zero-order valence-corrected chi connectivity index (χ0v) is 18.6. The first-order chi connectivity index (χ1) is 14.5. The molecule has 1 atom stereocenters. The minimum Gasteiger partial charge on any atom is -0.496 e. The zero-order valence-electron chi connectivity index (χ0n) is 17.8. The summed E-state index contributed by atoms with van der Waals surface area (Å²) < 4.78 is 16.5. The summed E-state index contributed by atoms with van der Waals surface area (Å²) in [6.07, 6.45) is 0. The van der Waals surface area contributed by atoms with E-state index >= 15 is 0 Å². The summed E-state index contributed by atoms with van der Waals surface area (Å²) in [6, 6.07) is 12.3. The van der Waals surface area contributed by atoms with Crippen LogP contribution in [-0.2, 0) is 0 Å². The number of carbonyl (C=O) groups is 1. The topological polar surface area (TPSA) is 60.0 Å². The molecule has 0 aromatic heterocycles. The maximum Gasteiger partial charge on any atom is 0.193 e. The molecule has 0 bridgehead atoms. The standard InChI is InChI=1S/C23H26N2O4S/c1-6-25-14(2)20(22(26)15-10-8-7-9-11-15)21(24-23(25)30)16-12-18(28-4)19(29-5)13-17(16)27-3/h7-13,21H,6H2,1-5H3,(H,24,30). The van der Waals surface area contributed by atoms with Gasteiger partial charge in [-0.25, -0.2) is 0 Å². The van der Waals surface area contributed by atoms with Crippen LogP contribution < -0.4 is 19.5 Å². The van der Waals surface area contributed by atoms with Gasteiger partial charge in [0.1, 0.15) is 5.75 Å². The molecule has 0 amide bonds. The van der Waals surface area contributed by atoms with Crippen LogP contribution in [0, 0.1) is 0 Å². The molecule has 2 aromatic rings. The summed E-state index contributed by atoms with van der Waals surface area (Å²) in [7, 11) is 4.72. The smallest absolute Gasteiger partial charge is 0.193 e. The number of hydrogen-bond acceptors (Lipinski definition) is 5. The predicted molar refractivity (Wildman–Crippen MR) is 120 cm³/mol. The molecule has 30 heavy (non-hydrogen) atoms. The number of Topliss-reactive ketones (excluding diaryl/α,β-unsaturated/α-hetero) is 1. The summed E-state index contributed by atoms with van der Waals surface area (Å²) in [4.78, 5) is 15.5. The Bertz CT molecular complexity index is 988. The number of benzene rings is 2. The van der Waals surface area contributed by atoms with Crippen molar-refractivity contribution in [2.24, 2.45) is 0 Å². The molecule has 0 saturated carbocycles. The molecule has 158 valence electrons. The third kappa shape index (κ3) is 3.85. The van der Waals surface area contributed by atoms with Crippen LogP contribution in [0.15, 0.2) is 53.7 Å². The highest BCUT2D eigenvalue weighted by Crippen LogP contribution is 2.42. The van der Waals surface area contributed by atoms with Gasteiger partial charge in [-0.15, -0.1) is 0 Å². The highest BCUT2D eigenvalue weighted by atomic mass is 32.1. The number of rotatable bonds is 7. The van der Waals surface area contributed by atoms with Crippen LogP contribution in [0.25, 0.3) is 0 Å². The van der Waals surface area contributed by atoms with Gasteiger partial charge in [-0.1, -0.05) is 30.3 Å². The minimum atomic E-state index is -0.497. The van der Waals surface area contributed by atoms with E-state index in [2.05, 4.69) is 5.32 Å². The van der Waals surface area contributed by atoms with Crippen LogP contribution in [0.4, 0.5) is 0 Å². The fourth-order valence-corrected chi connectivity index (χ4v) is 4.10. The Kier molecular flexibility index (Phi) is 6.62. The van der Waals surface area contributed by atoms with Crippen molar-refractivity contribution >= 4 is 23.1 Å². The molecule has 3 rings (SSSR count). The molecule has 0 radical (unpaired) electrons. The molecule has 7 heteroatoms. The van der Waals surface area contributed by atoms with Gasteiger partial charge in [0.2, 0.25) is 0 Å². The SMILES string of the molecule is CCN1C(=S)NC(c2cc(OC)c(OC)cc2OC)C(C(=O)c2ccccc2)=C1C. The molecule has 2 aromatic carbocycles. The number of ether oxygens (including phenoxy) is 3. The molecule has 1 N–H and O–H groups in total.